The third kappa shape index (κ3) is 5.32. The molecule has 2 rings (SSSR count). The van der Waals surface area contributed by atoms with E-state index in [0.717, 1.165) is 42.5 Å². The lowest BCUT2D eigenvalue weighted by Gasteiger charge is -2.22. The molecule has 0 bridgehead atoms. The van der Waals surface area contributed by atoms with Crippen molar-refractivity contribution < 1.29 is 4.79 Å². The molecule has 116 valence electrons. The van der Waals surface area contributed by atoms with Crippen molar-refractivity contribution in [3.05, 3.63) is 28.2 Å². The number of carbonyl (C=O) groups is 1. The fourth-order valence-electron chi connectivity index (χ4n) is 2.27. The molecular weight excluding hydrogens is 330 g/mol. The number of nitrogens with zero attached hydrogens (tertiary/aromatic N) is 1. The van der Waals surface area contributed by atoms with Crippen LogP contribution in [-0.2, 0) is 11.3 Å². The number of rotatable bonds is 8. The van der Waals surface area contributed by atoms with Crippen LogP contribution in [0.3, 0.4) is 0 Å². The predicted octanol–water partition coefficient (Wildman–Crippen LogP) is 2.66. The molecule has 1 aliphatic rings. The van der Waals surface area contributed by atoms with Gasteiger partial charge in [-0.15, -0.1) is 0 Å². The van der Waals surface area contributed by atoms with Crippen molar-refractivity contribution in [1.29, 1.82) is 0 Å². The van der Waals surface area contributed by atoms with Gasteiger partial charge in [-0.2, -0.15) is 0 Å². The lowest BCUT2D eigenvalue weighted by molar-refractivity contribution is -0.119. The van der Waals surface area contributed by atoms with Gasteiger partial charge in [0.2, 0.25) is 5.91 Å². The Morgan fingerprint density at radius 2 is 2.19 bits per heavy atom. The van der Waals surface area contributed by atoms with E-state index < -0.39 is 0 Å². The van der Waals surface area contributed by atoms with Gasteiger partial charge in [-0.1, -0.05) is 22.9 Å². The minimum Gasteiger partial charge on any atom is -0.365 e. The molecule has 1 amide bonds. The quantitative estimate of drug-likeness (QED) is 0.706. The second-order valence-corrected chi connectivity index (χ2v) is 6.56. The largest absolute Gasteiger partial charge is 0.365 e. The molecule has 0 heterocycles. The number of carbonyl (C=O) groups excluding carboxylic acids is 1. The van der Waals surface area contributed by atoms with Crippen LogP contribution >= 0.6 is 15.9 Å². The third-order valence-electron chi connectivity index (χ3n) is 3.52. The highest BCUT2D eigenvalue weighted by Crippen LogP contribution is 2.24. The average molecular weight is 354 g/mol. The van der Waals surface area contributed by atoms with E-state index in [1.807, 2.05) is 18.0 Å². The minimum absolute atomic E-state index is 0.107. The van der Waals surface area contributed by atoms with Gasteiger partial charge < -0.3 is 15.5 Å². The Morgan fingerprint density at radius 1 is 1.43 bits per heavy atom. The maximum atomic E-state index is 11.9. The molecule has 0 atom stereocenters. The van der Waals surface area contributed by atoms with Crippen LogP contribution in [0.25, 0.3) is 0 Å². The van der Waals surface area contributed by atoms with E-state index in [1.165, 1.54) is 5.56 Å². The van der Waals surface area contributed by atoms with Crippen LogP contribution in [0, 0.1) is 0 Å². The summed E-state index contributed by atoms with van der Waals surface area (Å²) in [5, 5.41) is 6.45. The highest BCUT2D eigenvalue weighted by molar-refractivity contribution is 9.10. The second kappa shape index (κ2) is 7.80. The number of benzene rings is 1. The number of hydrogen-bond acceptors (Lipinski definition) is 3. The lowest BCUT2D eigenvalue weighted by Crippen LogP contribution is -2.36. The Balaban J connectivity index is 1.99. The topological polar surface area (TPSA) is 44.4 Å². The SMILES string of the molecule is CCCNCc1cc(Br)ccc1N(C)CC(=O)NC1CC1. The lowest BCUT2D eigenvalue weighted by atomic mass is 10.1. The van der Waals surface area contributed by atoms with Crippen LogP contribution in [0.4, 0.5) is 5.69 Å². The fourth-order valence-corrected chi connectivity index (χ4v) is 2.68. The number of likely N-dealkylation sites (N-methyl/N-ethyl adjacent to an activating group) is 1. The number of anilines is 1. The normalized spacial score (nSPS) is 14.0. The van der Waals surface area contributed by atoms with Crippen LogP contribution < -0.4 is 15.5 Å². The molecular formula is C16H24BrN3O. The molecule has 0 aliphatic heterocycles. The molecule has 2 N–H and O–H groups in total. The molecule has 1 aliphatic carbocycles. The molecule has 0 spiro atoms. The van der Waals surface area contributed by atoms with Gasteiger partial charge in [0, 0.05) is 29.8 Å². The molecule has 5 heteroatoms. The molecule has 1 saturated carbocycles. The van der Waals surface area contributed by atoms with Gasteiger partial charge in [-0.25, -0.2) is 0 Å². The summed E-state index contributed by atoms with van der Waals surface area (Å²) in [6.45, 7) is 4.37. The maximum Gasteiger partial charge on any atom is 0.239 e. The van der Waals surface area contributed by atoms with Crippen LogP contribution in [0.1, 0.15) is 31.7 Å². The Bertz CT molecular complexity index is 488. The zero-order valence-corrected chi connectivity index (χ0v) is 14.4. The van der Waals surface area contributed by atoms with Gasteiger partial charge in [0.1, 0.15) is 0 Å². The molecule has 1 fully saturated rings. The molecule has 21 heavy (non-hydrogen) atoms. The van der Waals surface area contributed by atoms with E-state index in [0.29, 0.717) is 12.6 Å². The predicted molar refractivity (Wildman–Crippen MR) is 90.6 cm³/mol. The first-order chi connectivity index (χ1) is 10.1. The van der Waals surface area contributed by atoms with E-state index >= 15 is 0 Å². The molecule has 4 nitrogen and oxygen atoms in total. The second-order valence-electron chi connectivity index (χ2n) is 5.65. The smallest absolute Gasteiger partial charge is 0.239 e. The highest BCUT2D eigenvalue weighted by Gasteiger charge is 2.23. The van der Waals surface area contributed by atoms with Crippen molar-refractivity contribution in [1.82, 2.24) is 10.6 Å². The van der Waals surface area contributed by atoms with Crippen LogP contribution in [0.2, 0.25) is 0 Å². The van der Waals surface area contributed by atoms with Crippen molar-refractivity contribution in [2.24, 2.45) is 0 Å². The maximum absolute atomic E-state index is 11.9. The number of amides is 1. The summed E-state index contributed by atoms with van der Waals surface area (Å²) in [6, 6.07) is 6.63. The molecule has 0 saturated heterocycles. The summed E-state index contributed by atoms with van der Waals surface area (Å²) in [7, 11) is 1.97. The molecule has 0 unspecified atom stereocenters. The first kappa shape index (κ1) is 16.3. The Morgan fingerprint density at radius 3 is 2.86 bits per heavy atom. The number of halogens is 1. The molecule has 1 aromatic carbocycles. The first-order valence-corrected chi connectivity index (χ1v) is 8.39. The van der Waals surface area contributed by atoms with Crippen molar-refractivity contribution in [2.75, 3.05) is 25.0 Å². The van der Waals surface area contributed by atoms with Crippen molar-refractivity contribution in [3.63, 3.8) is 0 Å². The fraction of sp³-hybridized carbons (Fsp3) is 0.562. The Kier molecular flexibility index (Phi) is 6.06. The molecule has 0 radical (unpaired) electrons. The summed E-state index contributed by atoms with van der Waals surface area (Å²) in [4.78, 5) is 14.0. The Hall–Kier alpha value is -1.07. The number of nitrogens with one attached hydrogen (secondary N) is 2. The summed E-state index contributed by atoms with van der Waals surface area (Å²) in [6.07, 6.45) is 3.36. The van der Waals surface area contributed by atoms with Crippen molar-refractivity contribution >= 4 is 27.5 Å². The van der Waals surface area contributed by atoms with Crippen molar-refractivity contribution in [3.8, 4) is 0 Å². The van der Waals surface area contributed by atoms with Gasteiger partial charge in [0.05, 0.1) is 6.54 Å². The summed E-state index contributed by atoms with van der Waals surface area (Å²) >= 11 is 3.52. The zero-order chi connectivity index (χ0) is 15.2. The van der Waals surface area contributed by atoms with Gasteiger partial charge in [-0.3, -0.25) is 4.79 Å². The van der Waals surface area contributed by atoms with E-state index in [1.54, 1.807) is 0 Å². The average Bonchev–Trinajstić information content (AvgIpc) is 3.22. The van der Waals surface area contributed by atoms with Crippen LogP contribution in [0.15, 0.2) is 22.7 Å². The van der Waals surface area contributed by atoms with Crippen LogP contribution in [-0.4, -0.2) is 32.1 Å². The van der Waals surface area contributed by atoms with E-state index in [9.17, 15) is 4.79 Å². The summed E-state index contributed by atoms with van der Waals surface area (Å²) < 4.78 is 1.07. The summed E-state index contributed by atoms with van der Waals surface area (Å²) in [5.41, 5.74) is 2.31. The first-order valence-electron chi connectivity index (χ1n) is 7.59. The standard InChI is InChI=1S/C16H24BrN3O/c1-3-8-18-10-12-9-13(17)4-7-15(12)20(2)11-16(21)19-14-5-6-14/h4,7,9,14,18H,3,5-6,8,10-11H2,1-2H3,(H,19,21). The number of hydrogen-bond donors (Lipinski definition) is 2. The van der Waals surface area contributed by atoms with Gasteiger partial charge in [-0.05, 0) is 49.6 Å². The van der Waals surface area contributed by atoms with E-state index in [2.05, 4.69) is 45.6 Å². The minimum atomic E-state index is 0.107. The van der Waals surface area contributed by atoms with Gasteiger partial charge in [0.15, 0.2) is 0 Å². The summed E-state index contributed by atoms with van der Waals surface area (Å²) in [5.74, 6) is 0.107. The van der Waals surface area contributed by atoms with Gasteiger partial charge in [0.25, 0.3) is 0 Å². The van der Waals surface area contributed by atoms with Crippen molar-refractivity contribution in [2.45, 2.75) is 38.8 Å². The van der Waals surface area contributed by atoms with E-state index in [4.69, 9.17) is 0 Å². The monoisotopic (exact) mass is 353 g/mol. The van der Waals surface area contributed by atoms with Crippen LogP contribution in [0.5, 0.6) is 0 Å². The Labute approximate surface area is 135 Å². The van der Waals surface area contributed by atoms with Gasteiger partial charge >= 0.3 is 0 Å². The molecule has 0 aromatic heterocycles. The van der Waals surface area contributed by atoms with E-state index in [-0.39, 0.29) is 5.91 Å². The highest BCUT2D eigenvalue weighted by atomic mass is 79.9. The third-order valence-corrected chi connectivity index (χ3v) is 4.01. The molecule has 1 aromatic rings. The zero-order valence-electron chi connectivity index (χ0n) is 12.8.